The van der Waals surface area contributed by atoms with Gasteiger partial charge in [0.15, 0.2) is 0 Å². The average Bonchev–Trinajstić information content (AvgIpc) is 2.41. The van der Waals surface area contributed by atoms with Crippen LogP contribution in [-0.4, -0.2) is 17.4 Å². The number of nitrogens with zero attached hydrogens (tertiary/aromatic N) is 1. The number of carbonyl (C=O) groups excluding carboxylic acids is 1. The molecule has 19 heavy (non-hydrogen) atoms. The van der Waals surface area contributed by atoms with Crippen molar-refractivity contribution in [1.82, 2.24) is 10.3 Å². The Bertz CT molecular complexity index is 664. The highest BCUT2D eigenvalue weighted by molar-refractivity contribution is 5.97. The van der Waals surface area contributed by atoms with Crippen molar-refractivity contribution in [1.29, 1.82) is 0 Å². The van der Waals surface area contributed by atoms with E-state index in [4.69, 9.17) is 5.73 Å². The van der Waals surface area contributed by atoms with E-state index in [9.17, 15) is 4.79 Å². The van der Waals surface area contributed by atoms with Crippen molar-refractivity contribution in [2.75, 3.05) is 12.3 Å². The number of anilines is 1. The largest absolute Gasteiger partial charge is 0.383 e. The van der Waals surface area contributed by atoms with E-state index in [0.29, 0.717) is 12.4 Å². The van der Waals surface area contributed by atoms with Crippen molar-refractivity contribution < 1.29 is 4.79 Å². The first kappa shape index (κ1) is 11.7. The molecule has 3 rings (SSSR count). The van der Waals surface area contributed by atoms with Crippen molar-refractivity contribution in [3.8, 4) is 11.1 Å². The lowest BCUT2D eigenvalue weighted by molar-refractivity contribution is 0.0946. The maximum atomic E-state index is 11.7. The topological polar surface area (TPSA) is 68.0 Å². The highest BCUT2D eigenvalue weighted by Crippen LogP contribution is 2.28. The maximum Gasteiger partial charge on any atom is 0.251 e. The van der Waals surface area contributed by atoms with Crippen molar-refractivity contribution in [2.45, 2.75) is 13.3 Å². The number of nitrogens with one attached hydrogen (secondary N) is 1. The molecule has 1 aliphatic heterocycles. The molecule has 0 spiro atoms. The molecule has 0 saturated carbocycles. The number of rotatable bonds is 1. The van der Waals surface area contributed by atoms with Gasteiger partial charge in [-0.25, -0.2) is 4.98 Å². The van der Waals surface area contributed by atoms with Crippen molar-refractivity contribution in [3.05, 3.63) is 47.2 Å². The van der Waals surface area contributed by atoms with E-state index in [1.165, 1.54) is 0 Å². The van der Waals surface area contributed by atoms with Crippen LogP contribution in [0.4, 0.5) is 5.82 Å². The van der Waals surface area contributed by atoms with Crippen LogP contribution in [0.25, 0.3) is 11.1 Å². The Morgan fingerprint density at radius 1 is 1.26 bits per heavy atom. The fraction of sp³-hybridized carbons (Fsp3) is 0.200. The molecule has 2 aromatic rings. The Kier molecular flexibility index (Phi) is 2.71. The summed E-state index contributed by atoms with van der Waals surface area (Å²) < 4.78 is 0. The molecule has 3 N–H and O–H groups in total. The molecule has 4 nitrogen and oxygen atoms in total. The normalized spacial score (nSPS) is 13.8. The second-order valence-corrected chi connectivity index (χ2v) is 4.82. The van der Waals surface area contributed by atoms with Gasteiger partial charge in [-0.1, -0.05) is 12.1 Å². The smallest absolute Gasteiger partial charge is 0.251 e. The van der Waals surface area contributed by atoms with E-state index in [-0.39, 0.29) is 5.91 Å². The monoisotopic (exact) mass is 253 g/mol. The molecule has 0 radical (unpaired) electrons. The van der Waals surface area contributed by atoms with E-state index < -0.39 is 0 Å². The number of nitrogen functional groups attached to an aromatic ring is 1. The van der Waals surface area contributed by atoms with Crippen LogP contribution in [0.1, 0.15) is 21.5 Å². The number of carbonyl (C=O) groups is 1. The number of aromatic nitrogens is 1. The Hall–Kier alpha value is -2.36. The van der Waals surface area contributed by atoms with Crippen LogP contribution in [0.15, 0.2) is 30.5 Å². The number of hydrogen-bond acceptors (Lipinski definition) is 3. The van der Waals surface area contributed by atoms with Gasteiger partial charge in [0.2, 0.25) is 0 Å². The molecule has 0 atom stereocenters. The lowest BCUT2D eigenvalue weighted by Gasteiger charge is -2.17. The second-order valence-electron chi connectivity index (χ2n) is 4.82. The maximum absolute atomic E-state index is 11.7. The summed E-state index contributed by atoms with van der Waals surface area (Å²) in [6.45, 7) is 2.68. The lowest BCUT2D eigenvalue weighted by atomic mass is 9.95. The van der Waals surface area contributed by atoms with Gasteiger partial charge in [0, 0.05) is 23.9 Å². The summed E-state index contributed by atoms with van der Waals surface area (Å²) in [6, 6.07) is 7.85. The van der Waals surface area contributed by atoms with E-state index in [0.717, 1.165) is 34.2 Å². The zero-order valence-electron chi connectivity index (χ0n) is 10.7. The van der Waals surface area contributed by atoms with E-state index in [1.807, 2.05) is 31.2 Å². The molecule has 2 heterocycles. The van der Waals surface area contributed by atoms with Crippen LogP contribution in [0, 0.1) is 6.92 Å². The zero-order chi connectivity index (χ0) is 13.4. The predicted octanol–water partition coefficient (Wildman–Crippen LogP) is 1.93. The number of fused-ring (bicyclic) bond motifs is 1. The Balaban J connectivity index is 2.11. The van der Waals surface area contributed by atoms with Crippen molar-refractivity contribution >= 4 is 11.7 Å². The molecule has 1 aliphatic rings. The van der Waals surface area contributed by atoms with Crippen LogP contribution in [0.2, 0.25) is 0 Å². The first-order valence-corrected chi connectivity index (χ1v) is 6.29. The van der Waals surface area contributed by atoms with Gasteiger partial charge in [-0.05, 0) is 42.2 Å². The molecule has 4 heteroatoms. The molecule has 0 fully saturated rings. The van der Waals surface area contributed by atoms with Crippen LogP contribution in [0.5, 0.6) is 0 Å². The first-order chi connectivity index (χ1) is 9.15. The van der Waals surface area contributed by atoms with E-state index in [2.05, 4.69) is 10.3 Å². The van der Waals surface area contributed by atoms with Crippen molar-refractivity contribution in [2.24, 2.45) is 0 Å². The summed E-state index contributed by atoms with van der Waals surface area (Å²) in [6.07, 6.45) is 2.61. The highest BCUT2D eigenvalue weighted by Gasteiger charge is 2.17. The van der Waals surface area contributed by atoms with E-state index >= 15 is 0 Å². The molecule has 1 aromatic heterocycles. The summed E-state index contributed by atoms with van der Waals surface area (Å²) in [4.78, 5) is 15.9. The van der Waals surface area contributed by atoms with Gasteiger partial charge in [-0.3, -0.25) is 4.79 Å². The average molecular weight is 253 g/mol. The molecule has 0 aliphatic carbocycles. The van der Waals surface area contributed by atoms with Gasteiger partial charge in [0.05, 0.1) is 0 Å². The standard InChI is InChI=1S/C15H15N3O/c1-9-6-13(14(16)18-8-9)10-2-3-12-11(7-10)4-5-17-15(12)19/h2-3,6-8H,4-5H2,1H3,(H2,16,18)(H,17,19). The van der Waals surface area contributed by atoms with Crippen LogP contribution < -0.4 is 11.1 Å². The summed E-state index contributed by atoms with van der Waals surface area (Å²) in [7, 11) is 0. The molecule has 96 valence electrons. The molecule has 1 amide bonds. The Morgan fingerprint density at radius 2 is 2.11 bits per heavy atom. The number of amides is 1. The molecule has 0 bridgehead atoms. The van der Waals surface area contributed by atoms with E-state index in [1.54, 1.807) is 6.20 Å². The molecule has 0 unspecified atom stereocenters. The minimum Gasteiger partial charge on any atom is -0.383 e. The Morgan fingerprint density at radius 3 is 2.95 bits per heavy atom. The number of nitrogens with two attached hydrogens (primary N) is 1. The predicted molar refractivity (Wildman–Crippen MR) is 74.9 cm³/mol. The Labute approximate surface area is 111 Å². The summed E-state index contributed by atoms with van der Waals surface area (Å²) in [5.41, 5.74) is 10.8. The molecule has 0 saturated heterocycles. The van der Waals surface area contributed by atoms with Gasteiger partial charge >= 0.3 is 0 Å². The SMILES string of the molecule is Cc1cnc(N)c(-c2ccc3c(c2)CCNC3=O)c1. The van der Waals surface area contributed by atoms with Gasteiger partial charge in [-0.15, -0.1) is 0 Å². The fourth-order valence-electron chi connectivity index (χ4n) is 2.41. The molecule has 1 aromatic carbocycles. The van der Waals surface area contributed by atoms with Crippen LogP contribution in [-0.2, 0) is 6.42 Å². The fourth-order valence-corrected chi connectivity index (χ4v) is 2.41. The van der Waals surface area contributed by atoms with Gasteiger partial charge in [0.25, 0.3) is 5.91 Å². The number of benzene rings is 1. The third-order valence-electron chi connectivity index (χ3n) is 3.40. The quantitative estimate of drug-likeness (QED) is 0.816. The highest BCUT2D eigenvalue weighted by atomic mass is 16.1. The van der Waals surface area contributed by atoms with Crippen LogP contribution in [0.3, 0.4) is 0 Å². The number of aryl methyl sites for hydroxylation is 1. The molecular weight excluding hydrogens is 238 g/mol. The summed E-state index contributed by atoms with van der Waals surface area (Å²) in [5, 5.41) is 2.84. The number of pyridine rings is 1. The minimum absolute atomic E-state index is 0.00291. The van der Waals surface area contributed by atoms with Gasteiger partial charge in [-0.2, -0.15) is 0 Å². The second kappa shape index (κ2) is 4.39. The third-order valence-corrected chi connectivity index (χ3v) is 3.40. The van der Waals surface area contributed by atoms with Gasteiger partial charge < -0.3 is 11.1 Å². The summed E-state index contributed by atoms with van der Waals surface area (Å²) >= 11 is 0. The minimum atomic E-state index is 0.00291. The first-order valence-electron chi connectivity index (χ1n) is 6.29. The third kappa shape index (κ3) is 2.05. The molecular formula is C15H15N3O. The number of hydrogen-bond donors (Lipinski definition) is 2. The zero-order valence-corrected chi connectivity index (χ0v) is 10.7. The summed E-state index contributed by atoms with van der Waals surface area (Å²) in [5.74, 6) is 0.522. The van der Waals surface area contributed by atoms with Crippen molar-refractivity contribution in [3.63, 3.8) is 0 Å². The lowest BCUT2D eigenvalue weighted by Crippen LogP contribution is -2.31. The van der Waals surface area contributed by atoms with Gasteiger partial charge in [0.1, 0.15) is 5.82 Å². The van der Waals surface area contributed by atoms with Crippen LogP contribution >= 0.6 is 0 Å².